The van der Waals surface area contributed by atoms with Crippen molar-refractivity contribution in [3.8, 4) is 0 Å². The van der Waals surface area contributed by atoms with E-state index in [-0.39, 0.29) is 0 Å². The van der Waals surface area contributed by atoms with E-state index in [2.05, 4.69) is 30.3 Å². The number of furan rings is 1. The highest BCUT2D eigenvalue weighted by Crippen LogP contribution is 2.33. The number of fused-ring (bicyclic) bond motifs is 3. The summed E-state index contributed by atoms with van der Waals surface area (Å²) in [6, 6.07) is 24.5. The third kappa shape index (κ3) is 1.92. The summed E-state index contributed by atoms with van der Waals surface area (Å²) < 4.78 is 5.88. The maximum atomic E-state index is 6.63. The van der Waals surface area contributed by atoms with Gasteiger partial charge in [-0.05, 0) is 36.2 Å². The first-order valence-corrected chi connectivity index (χ1v) is 7.42. The zero-order valence-corrected chi connectivity index (χ0v) is 12.4. The van der Waals surface area contributed by atoms with Gasteiger partial charge in [-0.3, -0.25) is 0 Å². The Kier molecular flexibility index (Phi) is 2.81. The zero-order chi connectivity index (χ0) is 15.2. The summed E-state index contributed by atoms with van der Waals surface area (Å²) >= 11 is 0. The molecule has 1 heterocycles. The molecule has 108 valence electrons. The molecule has 0 bridgehead atoms. The molecule has 0 saturated carbocycles. The van der Waals surface area contributed by atoms with Crippen LogP contribution in [0.2, 0.25) is 0 Å². The largest absolute Gasteiger partial charge is 0.456 e. The predicted octanol–water partition coefficient (Wildman–Crippen LogP) is 4.81. The third-order valence-electron chi connectivity index (χ3n) is 4.35. The van der Waals surface area contributed by atoms with Crippen molar-refractivity contribution >= 4 is 21.9 Å². The summed E-state index contributed by atoms with van der Waals surface area (Å²) in [5, 5.41) is 2.24. The third-order valence-corrected chi connectivity index (χ3v) is 4.35. The average Bonchev–Trinajstić information content (AvgIpc) is 2.93. The first-order chi connectivity index (χ1) is 10.7. The molecule has 0 aliphatic heterocycles. The Morgan fingerprint density at radius 2 is 1.41 bits per heavy atom. The van der Waals surface area contributed by atoms with Crippen LogP contribution < -0.4 is 5.73 Å². The van der Waals surface area contributed by atoms with Gasteiger partial charge in [0.25, 0.3) is 0 Å². The fourth-order valence-electron chi connectivity index (χ4n) is 3.00. The van der Waals surface area contributed by atoms with E-state index in [9.17, 15) is 0 Å². The van der Waals surface area contributed by atoms with Crippen molar-refractivity contribution in [2.45, 2.75) is 12.5 Å². The van der Waals surface area contributed by atoms with Crippen LogP contribution in [0.25, 0.3) is 21.9 Å². The van der Waals surface area contributed by atoms with Gasteiger partial charge >= 0.3 is 0 Å². The van der Waals surface area contributed by atoms with Crippen LogP contribution in [-0.4, -0.2) is 0 Å². The minimum absolute atomic E-state index is 0.534. The maximum absolute atomic E-state index is 6.63. The fraction of sp³-hybridized carbons (Fsp3) is 0.100. The SMILES string of the molecule is CC(N)(c1ccccc1)c1ccc2oc3ccccc3c2c1. The monoisotopic (exact) mass is 287 g/mol. The van der Waals surface area contributed by atoms with E-state index in [0.29, 0.717) is 0 Å². The molecule has 0 fully saturated rings. The van der Waals surface area contributed by atoms with Crippen molar-refractivity contribution in [1.82, 2.24) is 0 Å². The van der Waals surface area contributed by atoms with E-state index in [1.807, 2.05) is 49.4 Å². The van der Waals surface area contributed by atoms with Gasteiger partial charge in [-0.15, -0.1) is 0 Å². The van der Waals surface area contributed by atoms with Gasteiger partial charge < -0.3 is 10.2 Å². The molecule has 0 amide bonds. The summed E-state index contributed by atoms with van der Waals surface area (Å²) in [5.74, 6) is 0. The number of hydrogen-bond acceptors (Lipinski definition) is 2. The van der Waals surface area contributed by atoms with Gasteiger partial charge in [-0.25, -0.2) is 0 Å². The molecule has 22 heavy (non-hydrogen) atoms. The van der Waals surface area contributed by atoms with Crippen LogP contribution >= 0.6 is 0 Å². The van der Waals surface area contributed by atoms with Crippen molar-refractivity contribution in [1.29, 1.82) is 0 Å². The van der Waals surface area contributed by atoms with E-state index in [0.717, 1.165) is 33.1 Å². The minimum atomic E-state index is -0.534. The van der Waals surface area contributed by atoms with Crippen LogP contribution in [0.15, 0.2) is 77.2 Å². The Hall–Kier alpha value is -2.58. The van der Waals surface area contributed by atoms with Crippen molar-refractivity contribution in [3.63, 3.8) is 0 Å². The molecular formula is C20H17NO. The molecular weight excluding hydrogens is 270 g/mol. The quantitative estimate of drug-likeness (QED) is 0.574. The predicted molar refractivity (Wildman–Crippen MR) is 90.8 cm³/mol. The standard InChI is InChI=1S/C20H17NO/c1-20(21,14-7-3-2-4-8-14)15-11-12-19-17(13-15)16-9-5-6-10-18(16)22-19/h2-13H,21H2,1H3. The Morgan fingerprint density at radius 3 is 2.23 bits per heavy atom. The van der Waals surface area contributed by atoms with Gasteiger partial charge in [0.15, 0.2) is 0 Å². The molecule has 4 rings (SSSR count). The van der Waals surface area contributed by atoms with Gasteiger partial charge in [-0.2, -0.15) is 0 Å². The zero-order valence-electron chi connectivity index (χ0n) is 12.4. The number of hydrogen-bond donors (Lipinski definition) is 1. The van der Waals surface area contributed by atoms with E-state index >= 15 is 0 Å². The molecule has 0 aliphatic carbocycles. The molecule has 0 spiro atoms. The van der Waals surface area contributed by atoms with Crippen LogP contribution in [0.5, 0.6) is 0 Å². The van der Waals surface area contributed by atoms with Crippen molar-refractivity contribution in [2.24, 2.45) is 5.73 Å². The van der Waals surface area contributed by atoms with Crippen LogP contribution in [-0.2, 0) is 5.54 Å². The Bertz CT molecular complexity index is 951. The van der Waals surface area contributed by atoms with Crippen molar-refractivity contribution < 1.29 is 4.42 Å². The van der Waals surface area contributed by atoms with Crippen LogP contribution in [0.4, 0.5) is 0 Å². The van der Waals surface area contributed by atoms with Gasteiger partial charge in [0.1, 0.15) is 11.2 Å². The molecule has 1 unspecified atom stereocenters. The second-order valence-electron chi connectivity index (χ2n) is 5.88. The first kappa shape index (κ1) is 13.1. The van der Waals surface area contributed by atoms with Crippen molar-refractivity contribution in [2.75, 3.05) is 0 Å². The molecule has 0 saturated heterocycles. The topological polar surface area (TPSA) is 39.2 Å². The van der Waals surface area contributed by atoms with Gasteiger partial charge in [0, 0.05) is 10.8 Å². The molecule has 4 aromatic rings. The summed E-state index contributed by atoms with van der Waals surface area (Å²) in [4.78, 5) is 0. The van der Waals surface area contributed by atoms with Gasteiger partial charge in [-0.1, -0.05) is 54.6 Å². The number of nitrogens with two attached hydrogens (primary N) is 1. The van der Waals surface area contributed by atoms with E-state index < -0.39 is 5.54 Å². The second-order valence-corrected chi connectivity index (χ2v) is 5.88. The fourth-order valence-corrected chi connectivity index (χ4v) is 3.00. The van der Waals surface area contributed by atoms with Crippen molar-refractivity contribution in [3.05, 3.63) is 83.9 Å². The molecule has 2 heteroatoms. The molecule has 1 aromatic heterocycles. The van der Waals surface area contributed by atoms with Gasteiger partial charge in [0.05, 0.1) is 5.54 Å². The lowest BCUT2D eigenvalue weighted by atomic mass is 9.85. The molecule has 0 radical (unpaired) electrons. The summed E-state index contributed by atoms with van der Waals surface area (Å²) in [5.41, 5.74) is 10.1. The first-order valence-electron chi connectivity index (χ1n) is 7.42. The molecule has 0 aliphatic rings. The summed E-state index contributed by atoms with van der Waals surface area (Å²) in [6.45, 7) is 2.05. The lowest BCUT2D eigenvalue weighted by Gasteiger charge is -2.26. The second kappa shape index (κ2) is 4.72. The number of rotatable bonds is 2. The summed E-state index contributed by atoms with van der Waals surface area (Å²) in [7, 11) is 0. The normalized spacial score (nSPS) is 14.3. The minimum Gasteiger partial charge on any atom is -0.456 e. The number of benzene rings is 3. The lowest BCUT2D eigenvalue weighted by Crippen LogP contribution is -2.34. The van der Waals surface area contributed by atoms with E-state index in [1.54, 1.807) is 0 Å². The average molecular weight is 287 g/mol. The molecule has 3 aromatic carbocycles. The van der Waals surface area contributed by atoms with E-state index in [4.69, 9.17) is 10.2 Å². The molecule has 1 atom stereocenters. The highest BCUT2D eigenvalue weighted by molar-refractivity contribution is 6.05. The Morgan fingerprint density at radius 1 is 0.727 bits per heavy atom. The Labute approximate surface area is 129 Å². The summed E-state index contributed by atoms with van der Waals surface area (Å²) in [6.07, 6.45) is 0. The van der Waals surface area contributed by atoms with Crippen LogP contribution in [0, 0.1) is 0 Å². The Balaban J connectivity index is 1.94. The molecule has 2 nitrogen and oxygen atoms in total. The van der Waals surface area contributed by atoms with Gasteiger partial charge in [0.2, 0.25) is 0 Å². The van der Waals surface area contributed by atoms with E-state index in [1.165, 1.54) is 0 Å². The van der Waals surface area contributed by atoms with Crippen LogP contribution in [0.3, 0.4) is 0 Å². The highest BCUT2D eigenvalue weighted by Gasteiger charge is 2.24. The smallest absolute Gasteiger partial charge is 0.135 e. The lowest BCUT2D eigenvalue weighted by molar-refractivity contribution is 0.603. The van der Waals surface area contributed by atoms with Crippen LogP contribution in [0.1, 0.15) is 18.1 Å². The highest BCUT2D eigenvalue weighted by atomic mass is 16.3. The number of para-hydroxylation sites is 1. The molecule has 2 N–H and O–H groups in total. The maximum Gasteiger partial charge on any atom is 0.135 e.